The molecule has 1 heterocycles. The average molecular weight is 276 g/mol. The topological polar surface area (TPSA) is 56.5 Å². The van der Waals surface area contributed by atoms with Crippen molar-refractivity contribution >= 4 is 0 Å². The zero-order valence-corrected chi connectivity index (χ0v) is 12.2. The van der Waals surface area contributed by atoms with Gasteiger partial charge >= 0.3 is 0 Å². The molecule has 20 heavy (non-hydrogen) atoms. The van der Waals surface area contributed by atoms with Gasteiger partial charge in [-0.2, -0.15) is 0 Å². The van der Waals surface area contributed by atoms with Gasteiger partial charge in [-0.1, -0.05) is 32.3 Å². The van der Waals surface area contributed by atoms with E-state index >= 15 is 0 Å². The van der Waals surface area contributed by atoms with Crippen LogP contribution in [0.4, 0.5) is 0 Å². The van der Waals surface area contributed by atoms with Crippen molar-refractivity contribution in [3.8, 4) is 11.5 Å². The van der Waals surface area contributed by atoms with Crippen LogP contribution in [0.25, 0.3) is 0 Å². The number of hydrogen-bond acceptors (Lipinski definition) is 4. The van der Waals surface area contributed by atoms with Gasteiger partial charge in [0.25, 0.3) is 0 Å². The Balaban J connectivity index is 1.88. The van der Waals surface area contributed by atoms with Gasteiger partial charge in [0.1, 0.15) is 13.2 Å². The minimum atomic E-state index is 0.165. The predicted octanol–water partition coefficient (Wildman–Crippen LogP) is 2.93. The van der Waals surface area contributed by atoms with Crippen LogP contribution in [0.15, 0.2) is 18.2 Å². The lowest BCUT2D eigenvalue weighted by Gasteiger charge is -2.41. The summed E-state index contributed by atoms with van der Waals surface area (Å²) in [4.78, 5) is 0. The third-order valence-electron chi connectivity index (χ3n) is 4.76. The Bertz CT molecular complexity index is 470. The summed E-state index contributed by atoms with van der Waals surface area (Å²) in [6.45, 7) is 3.59. The number of benzene rings is 1. The van der Waals surface area contributed by atoms with Crippen LogP contribution in [0.1, 0.15) is 50.6 Å². The summed E-state index contributed by atoms with van der Waals surface area (Å²) in [5.74, 6) is 7.55. The molecule has 1 aliphatic heterocycles. The van der Waals surface area contributed by atoms with Crippen molar-refractivity contribution in [1.29, 1.82) is 0 Å². The second-order valence-electron chi connectivity index (χ2n) is 6.22. The molecule has 0 amide bonds. The van der Waals surface area contributed by atoms with Gasteiger partial charge in [-0.3, -0.25) is 11.3 Å². The number of rotatable bonds is 3. The first-order valence-electron chi connectivity index (χ1n) is 7.59. The normalized spacial score (nSPS) is 22.3. The predicted molar refractivity (Wildman–Crippen MR) is 78.7 cm³/mol. The molecule has 110 valence electrons. The summed E-state index contributed by atoms with van der Waals surface area (Å²) in [6, 6.07) is 6.36. The Morgan fingerprint density at radius 2 is 1.80 bits per heavy atom. The molecule has 3 N–H and O–H groups in total. The molecular formula is C16H24N2O2. The lowest BCUT2D eigenvalue weighted by atomic mass is 9.69. The molecule has 1 unspecified atom stereocenters. The molecule has 0 bridgehead atoms. The van der Waals surface area contributed by atoms with E-state index in [1.807, 2.05) is 6.07 Å². The number of ether oxygens (including phenoxy) is 2. The van der Waals surface area contributed by atoms with Crippen molar-refractivity contribution in [1.82, 2.24) is 5.43 Å². The van der Waals surface area contributed by atoms with Crippen LogP contribution in [-0.2, 0) is 0 Å². The van der Waals surface area contributed by atoms with E-state index in [1.165, 1.54) is 37.7 Å². The summed E-state index contributed by atoms with van der Waals surface area (Å²) in [7, 11) is 0. The zero-order valence-electron chi connectivity index (χ0n) is 12.2. The third-order valence-corrected chi connectivity index (χ3v) is 4.76. The summed E-state index contributed by atoms with van der Waals surface area (Å²) in [5, 5.41) is 0. The molecule has 1 aromatic carbocycles. The maximum Gasteiger partial charge on any atom is 0.161 e. The number of nitrogens with one attached hydrogen (secondary N) is 1. The first kappa shape index (κ1) is 13.7. The number of hydrogen-bond donors (Lipinski definition) is 2. The van der Waals surface area contributed by atoms with Crippen molar-refractivity contribution in [2.45, 2.75) is 45.1 Å². The molecule has 3 rings (SSSR count). The number of hydrazine groups is 1. The van der Waals surface area contributed by atoms with Crippen molar-refractivity contribution in [2.24, 2.45) is 11.3 Å². The van der Waals surface area contributed by atoms with Gasteiger partial charge in [-0.25, -0.2) is 0 Å². The molecular weight excluding hydrogens is 252 g/mol. The van der Waals surface area contributed by atoms with Crippen molar-refractivity contribution < 1.29 is 9.47 Å². The molecule has 2 aliphatic rings. The summed E-state index contributed by atoms with van der Waals surface area (Å²) < 4.78 is 11.3. The standard InChI is InChI=1S/C16H24N2O2/c1-16(7-3-2-4-8-16)15(18-17)12-5-6-13-14(11-12)20-10-9-19-13/h5-6,11,15,18H,2-4,7-10,17H2,1H3. The summed E-state index contributed by atoms with van der Waals surface area (Å²) in [6.07, 6.45) is 6.36. The smallest absolute Gasteiger partial charge is 0.161 e. The van der Waals surface area contributed by atoms with E-state index in [-0.39, 0.29) is 11.5 Å². The Morgan fingerprint density at radius 1 is 1.10 bits per heavy atom. The van der Waals surface area contributed by atoms with Gasteiger partial charge in [0.15, 0.2) is 11.5 Å². The molecule has 4 heteroatoms. The largest absolute Gasteiger partial charge is 0.486 e. The Labute approximate surface area is 120 Å². The molecule has 0 saturated heterocycles. The third kappa shape index (κ3) is 2.50. The van der Waals surface area contributed by atoms with Crippen molar-refractivity contribution in [2.75, 3.05) is 13.2 Å². The minimum Gasteiger partial charge on any atom is -0.486 e. The average Bonchev–Trinajstić information content (AvgIpc) is 2.48. The fourth-order valence-electron chi connectivity index (χ4n) is 3.59. The van der Waals surface area contributed by atoms with Crippen molar-refractivity contribution in [3.05, 3.63) is 23.8 Å². The fourth-order valence-corrected chi connectivity index (χ4v) is 3.59. The van der Waals surface area contributed by atoms with Gasteiger partial charge in [0.2, 0.25) is 0 Å². The van der Waals surface area contributed by atoms with Crippen molar-refractivity contribution in [3.63, 3.8) is 0 Å². The second-order valence-corrected chi connectivity index (χ2v) is 6.22. The highest BCUT2D eigenvalue weighted by atomic mass is 16.6. The highest BCUT2D eigenvalue weighted by molar-refractivity contribution is 5.45. The first-order valence-corrected chi connectivity index (χ1v) is 7.59. The molecule has 1 fully saturated rings. The fraction of sp³-hybridized carbons (Fsp3) is 0.625. The second kappa shape index (κ2) is 5.62. The monoisotopic (exact) mass is 276 g/mol. The van der Waals surface area contributed by atoms with Crippen LogP contribution in [0, 0.1) is 5.41 Å². The molecule has 1 saturated carbocycles. The van der Waals surface area contributed by atoms with E-state index in [0.717, 1.165) is 11.5 Å². The van der Waals surface area contributed by atoms with Gasteiger partial charge in [0, 0.05) is 0 Å². The van der Waals surface area contributed by atoms with E-state index in [0.29, 0.717) is 13.2 Å². The van der Waals surface area contributed by atoms with Crippen LogP contribution >= 0.6 is 0 Å². The van der Waals surface area contributed by atoms with Gasteiger partial charge in [-0.05, 0) is 36.0 Å². The maximum absolute atomic E-state index is 5.87. The van der Waals surface area contributed by atoms with Crippen LogP contribution in [0.3, 0.4) is 0 Å². The Hall–Kier alpha value is -1.26. The quantitative estimate of drug-likeness (QED) is 0.658. The molecule has 0 spiro atoms. The molecule has 0 aromatic heterocycles. The number of nitrogens with two attached hydrogens (primary N) is 1. The van der Waals surface area contributed by atoms with Crippen LogP contribution < -0.4 is 20.7 Å². The van der Waals surface area contributed by atoms with E-state index < -0.39 is 0 Å². The van der Waals surface area contributed by atoms with Gasteiger partial charge in [0.05, 0.1) is 6.04 Å². The van der Waals surface area contributed by atoms with Crippen LogP contribution in [0.2, 0.25) is 0 Å². The molecule has 1 atom stereocenters. The van der Waals surface area contributed by atoms with Gasteiger partial charge in [-0.15, -0.1) is 0 Å². The highest BCUT2D eigenvalue weighted by Gasteiger charge is 2.36. The highest BCUT2D eigenvalue weighted by Crippen LogP contribution is 2.46. The van der Waals surface area contributed by atoms with Crippen LogP contribution in [0.5, 0.6) is 11.5 Å². The summed E-state index contributed by atoms with van der Waals surface area (Å²) >= 11 is 0. The van der Waals surface area contributed by atoms with E-state index in [1.54, 1.807) is 0 Å². The van der Waals surface area contributed by atoms with Gasteiger partial charge < -0.3 is 9.47 Å². The minimum absolute atomic E-state index is 0.165. The molecule has 1 aromatic rings. The van der Waals surface area contributed by atoms with E-state index in [4.69, 9.17) is 15.3 Å². The molecule has 4 nitrogen and oxygen atoms in total. The van der Waals surface area contributed by atoms with E-state index in [9.17, 15) is 0 Å². The number of fused-ring (bicyclic) bond motifs is 1. The Morgan fingerprint density at radius 3 is 2.50 bits per heavy atom. The lowest BCUT2D eigenvalue weighted by Crippen LogP contribution is -2.41. The van der Waals surface area contributed by atoms with E-state index in [2.05, 4.69) is 24.5 Å². The van der Waals surface area contributed by atoms with Crippen LogP contribution in [-0.4, -0.2) is 13.2 Å². The summed E-state index contributed by atoms with van der Waals surface area (Å²) in [5.41, 5.74) is 4.45. The first-order chi connectivity index (χ1) is 9.73. The zero-order chi connectivity index (χ0) is 14.0. The SMILES string of the molecule is CC1(C(NN)c2ccc3c(c2)OCCO3)CCCCC1. The molecule has 0 radical (unpaired) electrons. The lowest BCUT2D eigenvalue weighted by molar-refractivity contribution is 0.143. The maximum atomic E-state index is 5.87. The Kier molecular flexibility index (Phi) is 3.85. The molecule has 1 aliphatic carbocycles.